The van der Waals surface area contributed by atoms with E-state index in [1.54, 1.807) is 18.7 Å². The molecular weight excluding hydrogens is 210 g/mol. The van der Waals surface area contributed by atoms with Crippen LogP contribution in [0.3, 0.4) is 0 Å². The van der Waals surface area contributed by atoms with Crippen molar-refractivity contribution in [2.75, 3.05) is 13.7 Å². The highest BCUT2D eigenvalue weighted by molar-refractivity contribution is 5.82. The highest BCUT2D eigenvalue weighted by Gasteiger charge is 2.36. The van der Waals surface area contributed by atoms with Crippen LogP contribution in [0.25, 0.3) is 0 Å². The maximum Gasteiger partial charge on any atom is 0.308 e. The predicted octanol–water partition coefficient (Wildman–Crippen LogP) is 0.733. The monoisotopic (exact) mass is 229 g/mol. The molecule has 0 aromatic rings. The van der Waals surface area contributed by atoms with E-state index < -0.39 is 18.0 Å². The Balaban J connectivity index is 2.73. The van der Waals surface area contributed by atoms with Crippen LogP contribution in [0.5, 0.6) is 0 Å². The van der Waals surface area contributed by atoms with Crippen molar-refractivity contribution < 1.29 is 19.4 Å². The number of likely N-dealkylation sites (tertiary alicyclic amines) is 1. The van der Waals surface area contributed by atoms with E-state index in [1.165, 1.54) is 7.11 Å². The van der Waals surface area contributed by atoms with Crippen LogP contribution in [-0.2, 0) is 14.3 Å². The Labute approximate surface area is 95.4 Å². The molecule has 1 rings (SSSR count). The van der Waals surface area contributed by atoms with Crippen molar-refractivity contribution in [3.8, 4) is 0 Å². The lowest BCUT2D eigenvalue weighted by atomic mass is 9.90. The van der Waals surface area contributed by atoms with Crippen LogP contribution in [0.15, 0.2) is 0 Å². The largest absolute Gasteiger partial charge is 0.481 e. The van der Waals surface area contributed by atoms with Gasteiger partial charge in [0, 0.05) is 19.7 Å². The third-order valence-electron chi connectivity index (χ3n) is 3.29. The minimum Gasteiger partial charge on any atom is -0.481 e. The summed E-state index contributed by atoms with van der Waals surface area (Å²) in [7, 11) is 1.48. The third kappa shape index (κ3) is 2.52. The van der Waals surface area contributed by atoms with Crippen molar-refractivity contribution in [2.24, 2.45) is 5.92 Å². The normalized spacial score (nSPS) is 27.6. The number of methoxy groups -OCH3 is 1. The average molecular weight is 229 g/mol. The van der Waals surface area contributed by atoms with Gasteiger partial charge in [-0.05, 0) is 26.7 Å². The SMILES string of the molecule is COC(C)C(=O)N1CCCC(C(=O)O)C1C. The lowest BCUT2D eigenvalue weighted by Gasteiger charge is -2.38. The van der Waals surface area contributed by atoms with E-state index in [2.05, 4.69) is 0 Å². The molecule has 1 N–H and O–H groups in total. The van der Waals surface area contributed by atoms with Gasteiger partial charge in [-0.25, -0.2) is 0 Å². The number of aliphatic carboxylic acids is 1. The van der Waals surface area contributed by atoms with Gasteiger partial charge < -0.3 is 14.7 Å². The number of amides is 1. The molecule has 1 aliphatic rings. The Morgan fingerprint density at radius 3 is 2.62 bits per heavy atom. The molecule has 1 saturated heterocycles. The van der Waals surface area contributed by atoms with Gasteiger partial charge in [-0.2, -0.15) is 0 Å². The van der Waals surface area contributed by atoms with Crippen LogP contribution in [0, 0.1) is 5.92 Å². The maximum atomic E-state index is 11.9. The summed E-state index contributed by atoms with van der Waals surface area (Å²) in [6.07, 6.45) is 0.875. The minimum atomic E-state index is -0.824. The number of ether oxygens (including phenoxy) is 1. The molecular formula is C11H19NO4. The molecule has 0 aromatic carbocycles. The van der Waals surface area contributed by atoms with Crippen molar-refractivity contribution in [2.45, 2.75) is 38.8 Å². The molecule has 0 spiro atoms. The second kappa shape index (κ2) is 5.30. The van der Waals surface area contributed by atoms with Gasteiger partial charge in [0.2, 0.25) is 0 Å². The summed E-state index contributed by atoms with van der Waals surface area (Å²) in [6.45, 7) is 4.09. The Hall–Kier alpha value is -1.10. The summed E-state index contributed by atoms with van der Waals surface area (Å²) in [5.41, 5.74) is 0. The first-order valence-corrected chi connectivity index (χ1v) is 5.55. The lowest BCUT2D eigenvalue weighted by molar-refractivity contribution is -0.153. The Morgan fingerprint density at radius 2 is 2.12 bits per heavy atom. The summed E-state index contributed by atoms with van der Waals surface area (Å²) in [5, 5.41) is 9.03. The zero-order chi connectivity index (χ0) is 12.3. The first kappa shape index (κ1) is 13.0. The molecule has 0 aliphatic carbocycles. The van der Waals surface area contributed by atoms with Gasteiger partial charge in [-0.15, -0.1) is 0 Å². The molecule has 0 saturated carbocycles. The number of hydrogen-bond acceptors (Lipinski definition) is 3. The Morgan fingerprint density at radius 1 is 1.50 bits per heavy atom. The van der Waals surface area contributed by atoms with E-state index in [-0.39, 0.29) is 11.9 Å². The molecule has 0 bridgehead atoms. The third-order valence-corrected chi connectivity index (χ3v) is 3.29. The zero-order valence-electron chi connectivity index (χ0n) is 9.97. The first-order chi connectivity index (χ1) is 7.49. The maximum absolute atomic E-state index is 11.9. The van der Waals surface area contributed by atoms with Crippen LogP contribution in [-0.4, -0.2) is 47.7 Å². The topological polar surface area (TPSA) is 66.8 Å². The highest BCUT2D eigenvalue weighted by Crippen LogP contribution is 2.24. The van der Waals surface area contributed by atoms with Gasteiger partial charge in [0.05, 0.1) is 5.92 Å². The summed E-state index contributed by atoms with van der Waals surface area (Å²) >= 11 is 0. The van der Waals surface area contributed by atoms with Crippen molar-refractivity contribution in [3.63, 3.8) is 0 Å². The summed E-state index contributed by atoms with van der Waals surface area (Å²) in [5.74, 6) is -1.40. The van der Waals surface area contributed by atoms with Crippen molar-refractivity contribution in [3.05, 3.63) is 0 Å². The molecule has 92 valence electrons. The molecule has 1 fully saturated rings. The standard InChI is InChI=1S/C11H19NO4/c1-7-9(11(14)15)5-4-6-12(7)10(13)8(2)16-3/h7-9H,4-6H2,1-3H3,(H,14,15). The average Bonchev–Trinajstić information content (AvgIpc) is 2.27. The molecule has 1 heterocycles. The number of carbonyl (C=O) groups is 2. The van der Waals surface area contributed by atoms with Crippen molar-refractivity contribution in [1.82, 2.24) is 4.90 Å². The highest BCUT2D eigenvalue weighted by atomic mass is 16.5. The molecule has 5 nitrogen and oxygen atoms in total. The van der Waals surface area contributed by atoms with E-state index in [0.29, 0.717) is 13.0 Å². The number of rotatable bonds is 3. The fourth-order valence-corrected chi connectivity index (χ4v) is 2.12. The summed E-state index contributed by atoms with van der Waals surface area (Å²) in [6, 6.07) is -0.253. The van der Waals surface area contributed by atoms with Crippen LogP contribution in [0.1, 0.15) is 26.7 Å². The van der Waals surface area contributed by atoms with Gasteiger partial charge in [0.15, 0.2) is 0 Å². The molecule has 0 aromatic heterocycles. The van der Waals surface area contributed by atoms with Gasteiger partial charge >= 0.3 is 5.97 Å². The number of carboxylic acid groups (broad SMARTS) is 1. The van der Waals surface area contributed by atoms with Crippen molar-refractivity contribution >= 4 is 11.9 Å². The van der Waals surface area contributed by atoms with E-state index in [0.717, 1.165) is 6.42 Å². The van der Waals surface area contributed by atoms with Gasteiger partial charge in [-0.1, -0.05) is 0 Å². The summed E-state index contributed by atoms with van der Waals surface area (Å²) < 4.78 is 4.97. The van der Waals surface area contributed by atoms with E-state index in [4.69, 9.17) is 9.84 Å². The molecule has 1 aliphatic heterocycles. The second-order valence-corrected chi connectivity index (χ2v) is 4.24. The number of hydrogen-bond donors (Lipinski definition) is 1. The Bertz CT molecular complexity index is 279. The van der Waals surface area contributed by atoms with Crippen LogP contribution >= 0.6 is 0 Å². The number of carboxylic acids is 1. The molecule has 3 unspecified atom stereocenters. The van der Waals surface area contributed by atoms with Crippen molar-refractivity contribution in [1.29, 1.82) is 0 Å². The van der Waals surface area contributed by atoms with Gasteiger partial charge in [-0.3, -0.25) is 9.59 Å². The number of carbonyl (C=O) groups excluding carboxylic acids is 1. The molecule has 5 heteroatoms. The first-order valence-electron chi connectivity index (χ1n) is 5.55. The Kier molecular flexibility index (Phi) is 4.29. The number of nitrogens with zero attached hydrogens (tertiary/aromatic N) is 1. The second-order valence-electron chi connectivity index (χ2n) is 4.24. The zero-order valence-corrected chi connectivity index (χ0v) is 9.97. The fraction of sp³-hybridized carbons (Fsp3) is 0.818. The van der Waals surface area contributed by atoms with Crippen LogP contribution < -0.4 is 0 Å². The van der Waals surface area contributed by atoms with Crippen LogP contribution in [0.4, 0.5) is 0 Å². The molecule has 16 heavy (non-hydrogen) atoms. The summed E-state index contributed by atoms with van der Waals surface area (Å²) in [4.78, 5) is 24.5. The van der Waals surface area contributed by atoms with Gasteiger partial charge in [0.25, 0.3) is 5.91 Å². The predicted molar refractivity (Wildman–Crippen MR) is 58.0 cm³/mol. The molecule has 3 atom stereocenters. The smallest absolute Gasteiger partial charge is 0.308 e. The van der Waals surface area contributed by atoms with E-state index in [9.17, 15) is 9.59 Å². The van der Waals surface area contributed by atoms with Crippen LogP contribution in [0.2, 0.25) is 0 Å². The molecule has 1 amide bonds. The van der Waals surface area contributed by atoms with E-state index >= 15 is 0 Å². The van der Waals surface area contributed by atoms with E-state index in [1.807, 2.05) is 0 Å². The fourth-order valence-electron chi connectivity index (χ4n) is 2.12. The number of piperidine rings is 1. The minimum absolute atomic E-state index is 0.124. The molecule has 0 radical (unpaired) electrons. The van der Waals surface area contributed by atoms with Gasteiger partial charge in [0.1, 0.15) is 6.10 Å². The lowest BCUT2D eigenvalue weighted by Crippen LogP contribution is -2.52. The quantitative estimate of drug-likeness (QED) is 0.774.